The van der Waals surface area contributed by atoms with Gasteiger partial charge in [-0.2, -0.15) is 0 Å². The first-order valence-corrected chi connectivity index (χ1v) is 8.69. The Kier molecular flexibility index (Phi) is 4.89. The molecule has 0 N–H and O–H groups in total. The van der Waals surface area contributed by atoms with Gasteiger partial charge in [0.05, 0.1) is 6.42 Å². The highest BCUT2D eigenvalue weighted by Gasteiger charge is 2.22. The number of amides is 1. The molecule has 1 aliphatic heterocycles. The van der Waals surface area contributed by atoms with E-state index in [0.29, 0.717) is 6.42 Å². The van der Waals surface area contributed by atoms with Crippen molar-refractivity contribution in [1.82, 2.24) is 4.90 Å². The molecule has 3 nitrogen and oxygen atoms in total. The first-order valence-electron chi connectivity index (χ1n) is 8.69. The number of hydrogen-bond donors (Lipinski definition) is 0. The number of anilines is 1. The Morgan fingerprint density at radius 2 is 1.62 bits per heavy atom. The third-order valence-electron chi connectivity index (χ3n) is 4.93. The zero-order valence-electron chi connectivity index (χ0n) is 14.9. The van der Waals surface area contributed by atoms with Gasteiger partial charge in [0.1, 0.15) is 0 Å². The number of aryl methyl sites for hydroxylation is 3. The number of piperazine rings is 1. The Bertz CT molecular complexity index is 730. The number of rotatable bonds is 3. The average molecular weight is 322 g/mol. The predicted molar refractivity (Wildman–Crippen MR) is 99.6 cm³/mol. The van der Waals surface area contributed by atoms with Crippen LogP contribution in [-0.2, 0) is 11.2 Å². The summed E-state index contributed by atoms with van der Waals surface area (Å²) >= 11 is 0. The molecule has 0 aliphatic carbocycles. The van der Waals surface area contributed by atoms with Crippen molar-refractivity contribution in [3.05, 3.63) is 64.7 Å². The van der Waals surface area contributed by atoms with E-state index in [9.17, 15) is 4.79 Å². The van der Waals surface area contributed by atoms with Gasteiger partial charge in [-0.25, -0.2) is 0 Å². The molecule has 0 atom stereocenters. The molecule has 0 spiro atoms. The van der Waals surface area contributed by atoms with Crippen molar-refractivity contribution in [2.45, 2.75) is 27.2 Å². The fourth-order valence-corrected chi connectivity index (χ4v) is 3.44. The summed E-state index contributed by atoms with van der Waals surface area (Å²) < 4.78 is 0. The van der Waals surface area contributed by atoms with Gasteiger partial charge in [-0.1, -0.05) is 42.0 Å². The smallest absolute Gasteiger partial charge is 0.227 e. The van der Waals surface area contributed by atoms with Gasteiger partial charge in [0.15, 0.2) is 0 Å². The lowest BCUT2D eigenvalue weighted by atomic mass is 10.0. The normalized spacial score (nSPS) is 14.8. The Labute approximate surface area is 144 Å². The number of nitrogens with zero attached hydrogens (tertiary/aromatic N) is 2. The third-order valence-corrected chi connectivity index (χ3v) is 4.93. The summed E-state index contributed by atoms with van der Waals surface area (Å²) in [5.41, 5.74) is 6.24. The summed E-state index contributed by atoms with van der Waals surface area (Å²) in [5, 5.41) is 0. The lowest BCUT2D eigenvalue weighted by Crippen LogP contribution is -2.49. The Morgan fingerprint density at radius 1 is 0.917 bits per heavy atom. The van der Waals surface area contributed by atoms with Crippen LogP contribution in [0.4, 0.5) is 5.69 Å². The Morgan fingerprint density at radius 3 is 2.29 bits per heavy atom. The molecule has 1 fully saturated rings. The van der Waals surface area contributed by atoms with Crippen LogP contribution in [0.25, 0.3) is 0 Å². The molecule has 0 aromatic heterocycles. The van der Waals surface area contributed by atoms with Crippen LogP contribution in [0.15, 0.2) is 42.5 Å². The molecule has 3 heteroatoms. The summed E-state index contributed by atoms with van der Waals surface area (Å²) in [7, 11) is 0. The quantitative estimate of drug-likeness (QED) is 0.863. The van der Waals surface area contributed by atoms with E-state index in [-0.39, 0.29) is 5.91 Å². The van der Waals surface area contributed by atoms with E-state index in [1.54, 1.807) is 0 Å². The van der Waals surface area contributed by atoms with E-state index in [4.69, 9.17) is 0 Å². The van der Waals surface area contributed by atoms with Crippen LogP contribution < -0.4 is 4.90 Å². The minimum absolute atomic E-state index is 0.240. The summed E-state index contributed by atoms with van der Waals surface area (Å²) in [4.78, 5) is 17.0. The minimum atomic E-state index is 0.240. The molecule has 2 aromatic rings. The highest BCUT2D eigenvalue weighted by Crippen LogP contribution is 2.22. The van der Waals surface area contributed by atoms with Gasteiger partial charge in [0.2, 0.25) is 5.91 Å². The van der Waals surface area contributed by atoms with Crippen molar-refractivity contribution in [2.24, 2.45) is 0 Å². The highest BCUT2D eigenvalue weighted by atomic mass is 16.2. The van der Waals surface area contributed by atoms with Crippen molar-refractivity contribution in [1.29, 1.82) is 0 Å². The van der Waals surface area contributed by atoms with Gasteiger partial charge < -0.3 is 9.80 Å². The van der Waals surface area contributed by atoms with Crippen molar-refractivity contribution in [3.63, 3.8) is 0 Å². The van der Waals surface area contributed by atoms with Crippen LogP contribution in [-0.4, -0.2) is 37.0 Å². The zero-order valence-corrected chi connectivity index (χ0v) is 14.9. The van der Waals surface area contributed by atoms with E-state index in [2.05, 4.69) is 56.0 Å². The van der Waals surface area contributed by atoms with E-state index in [0.717, 1.165) is 31.7 Å². The fourth-order valence-electron chi connectivity index (χ4n) is 3.44. The number of carbonyl (C=O) groups is 1. The van der Waals surface area contributed by atoms with Crippen LogP contribution in [0.2, 0.25) is 0 Å². The SMILES string of the molecule is Cc1ccc(N2CCN(C(=O)Cc3ccccc3C)CC2)c(C)c1. The highest BCUT2D eigenvalue weighted by molar-refractivity contribution is 5.79. The van der Waals surface area contributed by atoms with Crippen LogP contribution in [0.5, 0.6) is 0 Å². The maximum Gasteiger partial charge on any atom is 0.227 e. The number of benzene rings is 2. The third kappa shape index (κ3) is 3.61. The topological polar surface area (TPSA) is 23.6 Å². The van der Waals surface area contributed by atoms with Crippen LogP contribution in [0.1, 0.15) is 22.3 Å². The molecule has 3 rings (SSSR count). The molecule has 0 radical (unpaired) electrons. The fraction of sp³-hybridized carbons (Fsp3) is 0.381. The lowest BCUT2D eigenvalue weighted by molar-refractivity contribution is -0.130. The van der Waals surface area contributed by atoms with E-state index >= 15 is 0 Å². The van der Waals surface area contributed by atoms with Crippen LogP contribution in [0.3, 0.4) is 0 Å². The number of hydrogen-bond acceptors (Lipinski definition) is 2. The van der Waals surface area contributed by atoms with Crippen molar-refractivity contribution in [2.75, 3.05) is 31.1 Å². The van der Waals surface area contributed by atoms with Crippen LogP contribution in [0, 0.1) is 20.8 Å². The van der Waals surface area contributed by atoms with Crippen LogP contribution >= 0.6 is 0 Å². The second kappa shape index (κ2) is 7.08. The summed E-state index contributed by atoms with van der Waals surface area (Å²) in [6.07, 6.45) is 0.510. The standard InChI is InChI=1S/C21H26N2O/c1-16-8-9-20(18(3)14-16)22-10-12-23(13-11-22)21(24)15-19-7-5-4-6-17(19)2/h4-9,14H,10-13,15H2,1-3H3. The molecule has 24 heavy (non-hydrogen) atoms. The summed E-state index contributed by atoms with van der Waals surface area (Å²) in [6, 6.07) is 14.7. The second-order valence-corrected chi connectivity index (χ2v) is 6.76. The first kappa shape index (κ1) is 16.6. The second-order valence-electron chi connectivity index (χ2n) is 6.76. The maximum atomic E-state index is 12.6. The van der Waals surface area contributed by atoms with Crippen molar-refractivity contribution < 1.29 is 4.79 Å². The first-order chi connectivity index (χ1) is 11.5. The molecule has 2 aromatic carbocycles. The summed E-state index contributed by atoms with van der Waals surface area (Å²) in [6.45, 7) is 9.78. The van der Waals surface area contributed by atoms with Gasteiger partial charge >= 0.3 is 0 Å². The average Bonchev–Trinajstić information content (AvgIpc) is 2.57. The maximum absolute atomic E-state index is 12.6. The Hall–Kier alpha value is -2.29. The largest absolute Gasteiger partial charge is 0.368 e. The minimum Gasteiger partial charge on any atom is -0.368 e. The predicted octanol–water partition coefficient (Wildman–Crippen LogP) is 3.50. The van der Waals surface area contributed by atoms with Gasteiger partial charge in [-0.3, -0.25) is 4.79 Å². The molecule has 1 amide bonds. The summed E-state index contributed by atoms with van der Waals surface area (Å²) in [5.74, 6) is 0.240. The molecule has 1 saturated heterocycles. The lowest BCUT2D eigenvalue weighted by Gasteiger charge is -2.37. The van der Waals surface area contributed by atoms with Crippen molar-refractivity contribution in [3.8, 4) is 0 Å². The van der Waals surface area contributed by atoms with E-state index in [1.807, 2.05) is 17.0 Å². The molecule has 0 unspecified atom stereocenters. The van der Waals surface area contributed by atoms with Crippen molar-refractivity contribution >= 4 is 11.6 Å². The molecular formula is C21H26N2O. The number of carbonyl (C=O) groups excluding carboxylic acids is 1. The molecule has 1 aliphatic rings. The van der Waals surface area contributed by atoms with E-state index in [1.165, 1.54) is 22.4 Å². The zero-order chi connectivity index (χ0) is 17.1. The molecule has 1 heterocycles. The van der Waals surface area contributed by atoms with Gasteiger partial charge in [0, 0.05) is 31.9 Å². The van der Waals surface area contributed by atoms with Gasteiger partial charge in [-0.15, -0.1) is 0 Å². The monoisotopic (exact) mass is 322 g/mol. The molecular weight excluding hydrogens is 296 g/mol. The molecule has 0 bridgehead atoms. The Balaban J connectivity index is 1.60. The van der Waals surface area contributed by atoms with E-state index < -0.39 is 0 Å². The molecule has 0 saturated carbocycles. The molecule has 126 valence electrons. The van der Waals surface area contributed by atoms with Gasteiger partial charge in [-0.05, 0) is 43.5 Å². The van der Waals surface area contributed by atoms with Gasteiger partial charge in [0.25, 0.3) is 0 Å².